The Morgan fingerprint density at radius 3 is 2.38 bits per heavy atom. The van der Waals surface area contributed by atoms with Crippen molar-refractivity contribution in [2.45, 2.75) is 45.4 Å². The number of carboxylic acid groups (broad SMARTS) is 1. The molecule has 0 radical (unpaired) electrons. The number of rotatable bonds is 15. The summed E-state index contributed by atoms with van der Waals surface area (Å²) in [4.78, 5) is 50.5. The number of amides is 4. The third kappa shape index (κ3) is 9.74. The fraction of sp³-hybridized carbons (Fsp3) is 0.333. The van der Waals surface area contributed by atoms with Crippen molar-refractivity contribution in [2.24, 2.45) is 5.92 Å². The molecule has 0 aromatic heterocycles. The van der Waals surface area contributed by atoms with Gasteiger partial charge in [0.25, 0.3) is 5.91 Å². The highest BCUT2D eigenvalue weighted by Gasteiger charge is 2.27. The highest BCUT2D eigenvalue weighted by atomic mass is 16.7. The van der Waals surface area contributed by atoms with E-state index in [1.165, 1.54) is 25.3 Å². The van der Waals surface area contributed by atoms with Crippen LogP contribution in [-0.2, 0) is 21.0 Å². The summed E-state index contributed by atoms with van der Waals surface area (Å²) in [6, 6.07) is 13.9. The number of aliphatic hydroxyl groups excluding tert-OH is 1. The molecule has 4 rings (SSSR count). The Kier molecular flexibility index (Phi) is 11.8. The summed E-state index contributed by atoms with van der Waals surface area (Å²) < 4.78 is 21.7. The lowest BCUT2D eigenvalue weighted by Gasteiger charge is -2.24. The number of hydrogen-bond donors (Lipinski definition) is 6. The zero-order valence-electron chi connectivity index (χ0n) is 26.2. The molecule has 14 nitrogen and oxygen atoms in total. The molecular formula is C33H38N4O10. The third-order valence-electron chi connectivity index (χ3n) is 7.08. The largest absolute Gasteiger partial charge is 0.494 e. The summed E-state index contributed by atoms with van der Waals surface area (Å²) in [5, 5.41) is 29.8. The van der Waals surface area contributed by atoms with Gasteiger partial charge in [-0.05, 0) is 48.2 Å². The molecule has 1 heterocycles. The molecule has 2 unspecified atom stereocenters. The van der Waals surface area contributed by atoms with E-state index in [2.05, 4.69) is 21.3 Å². The lowest BCUT2D eigenvalue weighted by atomic mass is 10.00. The van der Waals surface area contributed by atoms with Crippen molar-refractivity contribution >= 4 is 35.2 Å². The normalized spacial score (nSPS) is 12.9. The van der Waals surface area contributed by atoms with Gasteiger partial charge >= 0.3 is 12.0 Å². The van der Waals surface area contributed by atoms with Crippen molar-refractivity contribution in [3.05, 3.63) is 71.8 Å². The van der Waals surface area contributed by atoms with Crippen molar-refractivity contribution in [3.63, 3.8) is 0 Å². The van der Waals surface area contributed by atoms with Crippen molar-refractivity contribution < 1.29 is 48.3 Å². The number of methoxy groups -OCH3 is 1. The quantitative estimate of drug-likeness (QED) is 0.141. The Hall–Kier alpha value is -5.50. The molecule has 0 saturated carbocycles. The van der Waals surface area contributed by atoms with E-state index in [0.29, 0.717) is 34.0 Å². The number of fused-ring (bicyclic) bond motifs is 1. The minimum Gasteiger partial charge on any atom is -0.494 e. The van der Waals surface area contributed by atoms with E-state index in [1.54, 1.807) is 42.5 Å². The number of carbonyl (C=O) groups excluding carboxylic acids is 3. The van der Waals surface area contributed by atoms with E-state index in [9.17, 15) is 29.4 Å². The standard InChI is InChI=1S/C33H38N4O10/c1-19(2)12-26(32(42)35-25(15-31(40)41)20-8-11-27-29(13-20)47-18-46-27)34-30(39)17-45-22-9-10-24(28(14-22)44-3)37-33(43)36-23-7-5-4-6-21(23)16-38/h4-11,13-14,19,25-26,38H,12,15-18H2,1-3H3,(H,34,39)(H,35,42)(H,40,41)(H2,36,37,43). The van der Waals surface area contributed by atoms with Gasteiger partial charge in [-0.1, -0.05) is 38.1 Å². The maximum absolute atomic E-state index is 13.4. The average molecular weight is 651 g/mol. The first kappa shape index (κ1) is 34.4. The molecule has 2 atom stereocenters. The van der Waals surface area contributed by atoms with E-state index in [4.69, 9.17) is 18.9 Å². The minimum atomic E-state index is -1.12. The number of nitrogens with one attached hydrogen (secondary N) is 4. The zero-order valence-corrected chi connectivity index (χ0v) is 26.2. The smallest absolute Gasteiger partial charge is 0.323 e. The van der Waals surface area contributed by atoms with Crippen LogP contribution in [0.3, 0.4) is 0 Å². The first-order valence-corrected chi connectivity index (χ1v) is 14.8. The van der Waals surface area contributed by atoms with E-state index in [1.807, 2.05) is 13.8 Å². The average Bonchev–Trinajstić information content (AvgIpc) is 3.51. The van der Waals surface area contributed by atoms with Crippen LogP contribution in [0, 0.1) is 5.92 Å². The van der Waals surface area contributed by atoms with Crippen molar-refractivity contribution in [2.75, 3.05) is 31.1 Å². The Labute approximate surface area is 271 Å². The number of urea groups is 1. The van der Waals surface area contributed by atoms with Crippen LogP contribution >= 0.6 is 0 Å². The summed E-state index contributed by atoms with van der Waals surface area (Å²) in [5.74, 6) is -0.720. The van der Waals surface area contributed by atoms with Gasteiger partial charge in [-0.3, -0.25) is 14.4 Å². The number of hydrogen-bond acceptors (Lipinski definition) is 9. The molecule has 47 heavy (non-hydrogen) atoms. The van der Waals surface area contributed by atoms with Gasteiger partial charge in [-0.25, -0.2) is 4.79 Å². The van der Waals surface area contributed by atoms with Gasteiger partial charge in [-0.15, -0.1) is 0 Å². The van der Waals surface area contributed by atoms with E-state index in [0.717, 1.165) is 0 Å². The highest BCUT2D eigenvalue weighted by molar-refractivity contribution is 6.01. The zero-order chi connectivity index (χ0) is 33.9. The molecule has 14 heteroatoms. The number of aliphatic carboxylic acids is 1. The SMILES string of the molecule is COc1cc(OCC(=O)NC(CC(C)C)C(=O)NC(CC(=O)O)c2ccc3c(c2)OCO3)ccc1NC(=O)Nc1ccccc1CO. The second kappa shape index (κ2) is 16.2. The molecule has 6 N–H and O–H groups in total. The van der Waals surface area contributed by atoms with Crippen LogP contribution in [0.4, 0.5) is 16.2 Å². The van der Waals surface area contributed by atoms with Gasteiger partial charge in [0.05, 0.1) is 31.9 Å². The maximum Gasteiger partial charge on any atom is 0.323 e. The van der Waals surface area contributed by atoms with Crippen molar-refractivity contribution in [1.29, 1.82) is 0 Å². The first-order valence-electron chi connectivity index (χ1n) is 14.8. The molecule has 0 saturated heterocycles. The van der Waals surface area contributed by atoms with Gasteiger partial charge in [0.2, 0.25) is 12.7 Å². The lowest BCUT2D eigenvalue weighted by molar-refractivity contribution is -0.138. The summed E-state index contributed by atoms with van der Waals surface area (Å²) in [6.07, 6.45) is -0.0985. The maximum atomic E-state index is 13.4. The molecule has 0 spiro atoms. The van der Waals surface area contributed by atoms with E-state index in [-0.39, 0.29) is 43.7 Å². The Bertz CT molecular complexity index is 1600. The van der Waals surface area contributed by atoms with Crippen LogP contribution in [0.5, 0.6) is 23.0 Å². The van der Waals surface area contributed by atoms with Crippen molar-refractivity contribution in [3.8, 4) is 23.0 Å². The van der Waals surface area contributed by atoms with Crippen LogP contribution in [-0.4, -0.2) is 60.6 Å². The Balaban J connectivity index is 1.36. The topological polar surface area (TPSA) is 194 Å². The Morgan fingerprint density at radius 1 is 0.915 bits per heavy atom. The monoisotopic (exact) mass is 650 g/mol. The van der Waals surface area contributed by atoms with E-state index >= 15 is 0 Å². The number of aliphatic hydroxyl groups is 1. The van der Waals surface area contributed by atoms with E-state index < -0.39 is 42.5 Å². The molecule has 4 amide bonds. The minimum absolute atomic E-state index is 0.0223. The predicted octanol–water partition coefficient (Wildman–Crippen LogP) is 3.80. The third-order valence-corrected chi connectivity index (χ3v) is 7.08. The molecule has 1 aliphatic heterocycles. The fourth-order valence-corrected chi connectivity index (χ4v) is 4.84. The predicted molar refractivity (Wildman–Crippen MR) is 171 cm³/mol. The summed E-state index contributed by atoms with van der Waals surface area (Å²) in [6.45, 7) is 3.16. The molecule has 0 fully saturated rings. The van der Waals surface area contributed by atoms with Crippen LogP contribution in [0.2, 0.25) is 0 Å². The van der Waals surface area contributed by atoms with Crippen LogP contribution in [0.25, 0.3) is 0 Å². The van der Waals surface area contributed by atoms with Gasteiger partial charge in [0, 0.05) is 17.3 Å². The first-order chi connectivity index (χ1) is 22.6. The van der Waals surface area contributed by atoms with Gasteiger partial charge < -0.3 is 50.4 Å². The summed E-state index contributed by atoms with van der Waals surface area (Å²) in [5.41, 5.74) is 1.85. The molecule has 3 aromatic carbocycles. The van der Waals surface area contributed by atoms with Gasteiger partial charge in [-0.2, -0.15) is 0 Å². The molecule has 3 aromatic rings. The van der Waals surface area contributed by atoms with Crippen LogP contribution in [0.1, 0.15) is 43.9 Å². The van der Waals surface area contributed by atoms with Crippen molar-refractivity contribution in [1.82, 2.24) is 10.6 Å². The molecule has 1 aliphatic rings. The highest BCUT2D eigenvalue weighted by Crippen LogP contribution is 2.35. The number of anilines is 2. The summed E-state index contributed by atoms with van der Waals surface area (Å²) >= 11 is 0. The molecule has 0 aliphatic carbocycles. The molecular weight excluding hydrogens is 612 g/mol. The number of benzene rings is 3. The second-order valence-electron chi connectivity index (χ2n) is 11.1. The van der Waals surface area contributed by atoms with Crippen LogP contribution in [0.15, 0.2) is 60.7 Å². The molecule has 0 bridgehead atoms. The fourth-order valence-electron chi connectivity index (χ4n) is 4.84. The van der Waals surface area contributed by atoms with Gasteiger partial charge in [0.1, 0.15) is 17.5 Å². The number of ether oxygens (including phenoxy) is 4. The van der Waals surface area contributed by atoms with Gasteiger partial charge in [0.15, 0.2) is 18.1 Å². The number of para-hydroxylation sites is 1. The molecule has 250 valence electrons. The lowest BCUT2D eigenvalue weighted by Crippen LogP contribution is -2.49. The number of carboxylic acids is 1. The summed E-state index contributed by atoms with van der Waals surface area (Å²) in [7, 11) is 1.41. The van der Waals surface area contributed by atoms with Crippen LogP contribution < -0.4 is 40.2 Å². The second-order valence-corrected chi connectivity index (χ2v) is 11.1. The number of carbonyl (C=O) groups is 4. The Morgan fingerprint density at radius 2 is 1.66 bits per heavy atom.